The fraction of sp³-hybridized carbons (Fsp3) is 0.143. The average Bonchev–Trinajstić information content (AvgIpc) is 2.59. The van der Waals surface area contributed by atoms with Crippen LogP contribution in [-0.4, -0.2) is 0 Å². The first kappa shape index (κ1) is 7.81. The lowest BCUT2D eigenvalue weighted by molar-refractivity contribution is 0.825. The Hall–Kier alpha value is -1.56. The van der Waals surface area contributed by atoms with Crippen molar-refractivity contribution in [2.45, 2.75) is 6.42 Å². The molecular weight excluding hydrogens is 168 g/mol. The minimum Gasteiger partial charge on any atom is -0.0946 e. The zero-order valence-electron chi connectivity index (χ0n) is 7.96. The molecular formula is C14H11. The summed E-state index contributed by atoms with van der Waals surface area (Å²) in [6.07, 6.45) is 8.45. The SMILES string of the molecule is C=C1[C]=CC=C2c3ccccc3CC12. The summed E-state index contributed by atoms with van der Waals surface area (Å²) in [7, 11) is 0. The fourth-order valence-corrected chi connectivity index (χ4v) is 2.35. The second kappa shape index (κ2) is 2.71. The van der Waals surface area contributed by atoms with Crippen LogP contribution in [0.15, 0.2) is 48.6 Å². The topological polar surface area (TPSA) is 0 Å². The molecule has 0 amide bonds. The summed E-state index contributed by atoms with van der Waals surface area (Å²) in [6.45, 7) is 4.06. The van der Waals surface area contributed by atoms with E-state index < -0.39 is 0 Å². The Balaban J connectivity index is 2.19. The highest BCUT2D eigenvalue weighted by Gasteiger charge is 2.28. The molecule has 0 saturated carbocycles. The Morgan fingerprint density at radius 3 is 3.07 bits per heavy atom. The van der Waals surface area contributed by atoms with Crippen molar-refractivity contribution in [2.24, 2.45) is 5.92 Å². The van der Waals surface area contributed by atoms with E-state index in [4.69, 9.17) is 0 Å². The lowest BCUT2D eigenvalue weighted by atomic mass is 9.89. The molecule has 1 atom stereocenters. The third-order valence-electron chi connectivity index (χ3n) is 3.08. The minimum atomic E-state index is 0.484. The van der Waals surface area contributed by atoms with Gasteiger partial charge in [0.15, 0.2) is 0 Å². The Morgan fingerprint density at radius 1 is 1.29 bits per heavy atom. The van der Waals surface area contributed by atoms with Crippen LogP contribution in [0.25, 0.3) is 5.57 Å². The summed E-state index contributed by atoms with van der Waals surface area (Å²) in [5.74, 6) is 0.484. The molecule has 0 bridgehead atoms. The molecule has 0 spiro atoms. The van der Waals surface area contributed by atoms with Crippen molar-refractivity contribution in [1.29, 1.82) is 0 Å². The molecule has 2 aliphatic rings. The summed E-state index contributed by atoms with van der Waals surface area (Å²) >= 11 is 0. The predicted molar refractivity (Wildman–Crippen MR) is 58.6 cm³/mol. The summed E-state index contributed by atoms with van der Waals surface area (Å²) in [5.41, 5.74) is 5.39. The quantitative estimate of drug-likeness (QED) is 0.574. The highest BCUT2D eigenvalue weighted by molar-refractivity contribution is 5.79. The van der Waals surface area contributed by atoms with E-state index in [1.54, 1.807) is 0 Å². The van der Waals surface area contributed by atoms with E-state index >= 15 is 0 Å². The van der Waals surface area contributed by atoms with Gasteiger partial charge >= 0.3 is 0 Å². The molecule has 0 N–H and O–H groups in total. The molecule has 1 aromatic rings. The first-order valence-electron chi connectivity index (χ1n) is 4.93. The molecule has 2 aliphatic carbocycles. The van der Waals surface area contributed by atoms with Crippen LogP contribution in [0.5, 0.6) is 0 Å². The summed E-state index contributed by atoms with van der Waals surface area (Å²) in [4.78, 5) is 0. The van der Waals surface area contributed by atoms with Crippen molar-refractivity contribution < 1.29 is 0 Å². The molecule has 0 saturated heterocycles. The standard InChI is InChI=1S/C14H11/c1-10-5-4-8-13-12-7-3-2-6-11(12)9-14(10)13/h2-4,6-8,14H,1,9H2. The number of rotatable bonds is 0. The molecule has 0 heteroatoms. The fourth-order valence-electron chi connectivity index (χ4n) is 2.35. The maximum absolute atomic E-state index is 4.06. The van der Waals surface area contributed by atoms with Gasteiger partial charge in [-0.15, -0.1) is 0 Å². The molecule has 1 unspecified atom stereocenters. The maximum Gasteiger partial charge on any atom is 0.0136 e. The average molecular weight is 179 g/mol. The van der Waals surface area contributed by atoms with E-state index in [-0.39, 0.29) is 0 Å². The molecule has 0 nitrogen and oxygen atoms in total. The Kier molecular flexibility index (Phi) is 1.51. The highest BCUT2D eigenvalue weighted by atomic mass is 14.3. The van der Waals surface area contributed by atoms with E-state index in [0.717, 1.165) is 12.0 Å². The highest BCUT2D eigenvalue weighted by Crippen LogP contribution is 2.42. The van der Waals surface area contributed by atoms with Crippen LogP contribution in [0, 0.1) is 12.0 Å². The van der Waals surface area contributed by atoms with Crippen molar-refractivity contribution in [2.75, 3.05) is 0 Å². The number of benzene rings is 1. The van der Waals surface area contributed by atoms with Gasteiger partial charge in [0, 0.05) is 5.92 Å². The molecule has 1 radical (unpaired) electrons. The van der Waals surface area contributed by atoms with Crippen molar-refractivity contribution in [3.63, 3.8) is 0 Å². The molecule has 0 fully saturated rings. The normalized spacial score (nSPS) is 23.0. The number of hydrogen-bond donors (Lipinski definition) is 0. The van der Waals surface area contributed by atoms with Gasteiger partial charge in [-0.25, -0.2) is 0 Å². The number of hydrogen-bond acceptors (Lipinski definition) is 0. The van der Waals surface area contributed by atoms with Gasteiger partial charge in [-0.1, -0.05) is 43.0 Å². The number of fused-ring (bicyclic) bond motifs is 3. The molecule has 1 aromatic carbocycles. The zero-order valence-corrected chi connectivity index (χ0v) is 7.96. The van der Waals surface area contributed by atoms with Gasteiger partial charge in [0.1, 0.15) is 0 Å². The van der Waals surface area contributed by atoms with E-state index in [0.29, 0.717) is 5.92 Å². The van der Waals surface area contributed by atoms with Gasteiger partial charge in [0.25, 0.3) is 0 Å². The predicted octanol–water partition coefficient (Wildman–Crippen LogP) is 3.17. The van der Waals surface area contributed by atoms with Crippen molar-refractivity contribution in [3.05, 3.63) is 65.8 Å². The molecule has 14 heavy (non-hydrogen) atoms. The monoisotopic (exact) mass is 179 g/mol. The molecule has 67 valence electrons. The van der Waals surface area contributed by atoms with Gasteiger partial charge in [0.05, 0.1) is 0 Å². The van der Waals surface area contributed by atoms with Crippen LogP contribution in [0.4, 0.5) is 0 Å². The molecule has 0 aromatic heterocycles. The lowest BCUT2D eigenvalue weighted by Crippen LogP contribution is -2.03. The van der Waals surface area contributed by atoms with Gasteiger partial charge in [0.2, 0.25) is 0 Å². The van der Waals surface area contributed by atoms with Crippen LogP contribution in [0.1, 0.15) is 11.1 Å². The minimum absolute atomic E-state index is 0.484. The Morgan fingerprint density at radius 2 is 2.14 bits per heavy atom. The summed E-state index contributed by atoms with van der Waals surface area (Å²) in [6, 6.07) is 8.62. The van der Waals surface area contributed by atoms with Gasteiger partial charge in [-0.05, 0) is 34.8 Å². The van der Waals surface area contributed by atoms with Crippen LogP contribution in [-0.2, 0) is 6.42 Å². The lowest BCUT2D eigenvalue weighted by Gasteiger charge is -2.15. The van der Waals surface area contributed by atoms with E-state index in [9.17, 15) is 0 Å². The van der Waals surface area contributed by atoms with Crippen LogP contribution in [0.2, 0.25) is 0 Å². The molecule has 0 aliphatic heterocycles. The van der Waals surface area contributed by atoms with E-state index in [1.165, 1.54) is 16.7 Å². The van der Waals surface area contributed by atoms with Gasteiger partial charge in [-0.2, -0.15) is 0 Å². The first-order chi connectivity index (χ1) is 6.86. The Bertz CT molecular complexity index is 461. The molecule has 0 heterocycles. The third-order valence-corrected chi connectivity index (χ3v) is 3.08. The second-order valence-electron chi connectivity index (χ2n) is 3.87. The summed E-state index contributed by atoms with van der Waals surface area (Å²) < 4.78 is 0. The van der Waals surface area contributed by atoms with Crippen molar-refractivity contribution in [3.8, 4) is 0 Å². The van der Waals surface area contributed by atoms with Crippen LogP contribution >= 0.6 is 0 Å². The smallest absolute Gasteiger partial charge is 0.0136 e. The zero-order chi connectivity index (χ0) is 9.54. The summed E-state index contributed by atoms with van der Waals surface area (Å²) in [5, 5.41) is 0. The number of allylic oxidation sites excluding steroid dienone is 5. The van der Waals surface area contributed by atoms with E-state index in [1.807, 2.05) is 6.08 Å². The third kappa shape index (κ3) is 0.941. The van der Waals surface area contributed by atoms with Crippen LogP contribution < -0.4 is 0 Å². The largest absolute Gasteiger partial charge is 0.0946 e. The van der Waals surface area contributed by atoms with Crippen molar-refractivity contribution in [1.82, 2.24) is 0 Å². The second-order valence-corrected chi connectivity index (χ2v) is 3.87. The maximum atomic E-state index is 4.06. The first-order valence-corrected chi connectivity index (χ1v) is 4.93. The van der Waals surface area contributed by atoms with E-state index in [2.05, 4.69) is 43.0 Å². The van der Waals surface area contributed by atoms with Gasteiger partial charge in [-0.3, -0.25) is 0 Å². The van der Waals surface area contributed by atoms with Crippen molar-refractivity contribution >= 4 is 5.57 Å². The molecule has 3 rings (SSSR count). The van der Waals surface area contributed by atoms with Crippen LogP contribution in [0.3, 0.4) is 0 Å². The van der Waals surface area contributed by atoms with Gasteiger partial charge < -0.3 is 0 Å². The Labute approximate surface area is 84.3 Å².